The molecule has 0 saturated carbocycles. The molecule has 1 fully saturated rings. The first-order chi connectivity index (χ1) is 8.48. The van der Waals surface area contributed by atoms with E-state index in [1.807, 2.05) is 0 Å². The van der Waals surface area contributed by atoms with Crippen molar-refractivity contribution in [2.75, 3.05) is 31.6 Å². The molecule has 3 heteroatoms. The zero-order chi connectivity index (χ0) is 13.2. The largest absolute Gasteiger partial charge is 0.388 e. The minimum atomic E-state index is -0.544. The first-order valence-corrected chi connectivity index (χ1v) is 6.71. The van der Waals surface area contributed by atoms with E-state index >= 15 is 0 Å². The Hall–Kier alpha value is -1.06. The van der Waals surface area contributed by atoms with Gasteiger partial charge in [0.2, 0.25) is 0 Å². The maximum atomic E-state index is 10.6. The summed E-state index contributed by atoms with van der Waals surface area (Å²) in [4.78, 5) is 2.17. The lowest BCUT2D eigenvalue weighted by Gasteiger charge is -2.36. The van der Waals surface area contributed by atoms with E-state index in [1.54, 1.807) is 0 Å². The maximum Gasteiger partial charge on any atom is 0.0845 e. The van der Waals surface area contributed by atoms with Gasteiger partial charge in [0.1, 0.15) is 0 Å². The summed E-state index contributed by atoms with van der Waals surface area (Å²) in [5.74, 6) is 0. The molecule has 2 N–H and O–H groups in total. The second kappa shape index (κ2) is 5.29. The standard InChI is InChI=1S/C15H24N2O/c1-12-8-13(2)10-14(9-12)17(3)11-15(18)4-6-16-7-5-15/h8-10,16,18H,4-7,11H2,1-3H3. The molecule has 100 valence electrons. The smallest absolute Gasteiger partial charge is 0.0845 e. The Morgan fingerprint density at radius 2 is 1.72 bits per heavy atom. The lowest BCUT2D eigenvalue weighted by molar-refractivity contribution is 0.0183. The number of hydrogen-bond acceptors (Lipinski definition) is 3. The van der Waals surface area contributed by atoms with Crippen LogP contribution in [0, 0.1) is 13.8 Å². The predicted molar refractivity (Wildman–Crippen MR) is 76.2 cm³/mol. The normalized spacial score (nSPS) is 18.7. The van der Waals surface area contributed by atoms with Crippen LogP contribution < -0.4 is 10.2 Å². The van der Waals surface area contributed by atoms with Gasteiger partial charge in [0.05, 0.1) is 5.60 Å². The minimum absolute atomic E-state index is 0.544. The third kappa shape index (κ3) is 3.24. The maximum absolute atomic E-state index is 10.6. The Morgan fingerprint density at radius 1 is 1.17 bits per heavy atom. The van der Waals surface area contributed by atoms with Gasteiger partial charge in [-0.25, -0.2) is 0 Å². The summed E-state index contributed by atoms with van der Waals surface area (Å²) in [6, 6.07) is 6.53. The molecule has 0 aromatic heterocycles. The number of anilines is 1. The highest BCUT2D eigenvalue weighted by Gasteiger charge is 2.30. The molecule has 0 bridgehead atoms. The van der Waals surface area contributed by atoms with Gasteiger partial charge >= 0.3 is 0 Å². The molecule has 2 rings (SSSR count). The number of nitrogens with one attached hydrogen (secondary N) is 1. The van der Waals surface area contributed by atoms with E-state index in [-0.39, 0.29) is 0 Å². The molecule has 0 aliphatic carbocycles. The van der Waals surface area contributed by atoms with Crippen molar-refractivity contribution in [3.63, 3.8) is 0 Å². The number of rotatable bonds is 3. The summed E-state index contributed by atoms with van der Waals surface area (Å²) < 4.78 is 0. The summed E-state index contributed by atoms with van der Waals surface area (Å²) >= 11 is 0. The monoisotopic (exact) mass is 248 g/mol. The molecule has 3 nitrogen and oxygen atoms in total. The van der Waals surface area contributed by atoms with Crippen molar-refractivity contribution >= 4 is 5.69 Å². The fourth-order valence-corrected chi connectivity index (χ4v) is 2.75. The number of aryl methyl sites for hydroxylation is 2. The highest BCUT2D eigenvalue weighted by molar-refractivity contribution is 5.50. The van der Waals surface area contributed by atoms with Crippen molar-refractivity contribution in [2.24, 2.45) is 0 Å². The Kier molecular flexibility index (Phi) is 3.93. The molecule has 1 saturated heterocycles. The quantitative estimate of drug-likeness (QED) is 0.857. The minimum Gasteiger partial charge on any atom is -0.388 e. The molecular weight excluding hydrogens is 224 g/mol. The van der Waals surface area contributed by atoms with E-state index < -0.39 is 5.60 Å². The molecule has 1 aromatic carbocycles. The first-order valence-electron chi connectivity index (χ1n) is 6.71. The highest BCUT2D eigenvalue weighted by atomic mass is 16.3. The molecule has 0 radical (unpaired) electrons. The summed E-state index contributed by atoms with van der Waals surface area (Å²) in [7, 11) is 2.06. The number of hydrogen-bond donors (Lipinski definition) is 2. The molecule has 1 heterocycles. The van der Waals surface area contributed by atoms with Crippen LogP contribution in [-0.4, -0.2) is 37.4 Å². The summed E-state index contributed by atoms with van der Waals surface area (Å²) in [6.07, 6.45) is 1.67. The van der Waals surface area contributed by atoms with E-state index in [2.05, 4.69) is 49.3 Å². The summed E-state index contributed by atoms with van der Waals surface area (Å²) in [5, 5.41) is 13.9. The van der Waals surface area contributed by atoms with Crippen molar-refractivity contribution < 1.29 is 5.11 Å². The van der Waals surface area contributed by atoms with E-state index in [0.717, 1.165) is 25.9 Å². The van der Waals surface area contributed by atoms with Crippen LogP contribution in [0.1, 0.15) is 24.0 Å². The Morgan fingerprint density at radius 3 is 2.28 bits per heavy atom. The SMILES string of the molecule is Cc1cc(C)cc(N(C)CC2(O)CCNCC2)c1. The second-order valence-electron chi connectivity index (χ2n) is 5.68. The Balaban J connectivity index is 2.08. The third-order valence-electron chi connectivity index (χ3n) is 3.71. The van der Waals surface area contributed by atoms with Gasteiger partial charge < -0.3 is 15.3 Å². The first kappa shape index (κ1) is 13.4. The van der Waals surface area contributed by atoms with Crippen LogP contribution in [0.5, 0.6) is 0 Å². The van der Waals surface area contributed by atoms with Crippen molar-refractivity contribution in [3.05, 3.63) is 29.3 Å². The topological polar surface area (TPSA) is 35.5 Å². The van der Waals surface area contributed by atoms with Gasteiger partial charge in [-0.05, 0) is 63.0 Å². The van der Waals surface area contributed by atoms with E-state index in [4.69, 9.17) is 0 Å². The average Bonchev–Trinajstić information content (AvgIpc) is 2.28. The van der Waals surface area contributed by atoms with Crippen LogP contribution in [0.3, 0.4) is 0 Å². The van der Waals surface area contributed by atoms with Gasteiger partial charge in [0.25, 0.3) is 0 Å². The Labute approximate surface area is 110 Å². The molecule has 0 amide bonds. The molecule has 0 unspecified atom stereocenters. The van der Waals surface area contributed by atoms with Gasteiger partial charge in [-0.1, -0.05) is 6.07 Å². The molecule has 1 aliphatic rings. The van der Waals surface area contributed by atoms with Crippen LogP contribution in [0.25, 0.3) is 0 Å². The second-order valence-corrected chi connectivity index (χ2v) is 5.68. The van der Waals surface area contributed by atoms with Gasteiger partial charge in [0.15, 0.2) is 0 Å². The molecule has 0 atom stereocenters. The number of likely N-dealkylation sites (N-methyl/N-ethyl adjacent to an activating group) is 1. The van der Waals surface area contributed by atoms with Gasteiger partial charge in [-0.2, -0.15) is 0 Å². The molecule has 0 spiro atoms. The number of piperidine rings is 1. The lowest BCUT2D eigenvalue weighted by Crippen LogP contribution is -2.49. The van der Waals surface area contributed by atoms with E-state index in [0.29, 0.717) is 6.54 Å². The van der Waals surface area contributed by atoms with E-state index in [9.17, 15) is 5.11 Å². The molecule has 1 aliphatic heterocycles. The molecule has 18 heavy (non-hydrogen) atoms. The van der Waals surface area contributed by atoms with Crippen LogP contribution in [0.15, 0.2) is 18.2 Å². The predicted octanol–water partition coefficient (Wildman–Crippen LogP) is 1.85. The van der Waals surface area contributed by atoms with Crippen molar-refractivity contribution in [1.82, 2.24) is 5.32 Å². The van der Waals surface area contributed by atoms with Crippen LogP contribution in [-0.2, 0) is 0 Å². The summed E-state index contributed by atoms with van der Waals surface area (Å²) in [6.45, 7) is 6.76. The van der Waals surface area contributed by atoms with Crippen molar-refractivity contribution in [1.29, 1.82) is 0 Å². The van der Waals surface area contributed by atoms with Crippen molar-refractivity contribution in [2.45, 2.75) is 32.3 Å². The third-order valence-corrected chi connectivity index (χ3v) is 3.71. The zero-order valence-electron chi connectivity index (χ0n) is 11.7. The highest BCUT2D eigenvalue weighted by Crippen LogP contribution is 2.23. The fraction of sp³-hybridized carbons (Fsp3) is 0.600. The van der Waals surface area contributed by atoms with Gasteiger partial charge in [-0.15, -0.1) is 0 Å². The summed E-state index contributed by atoms with van der Waals surface area (Å²) in [5.41, 5.74) is 3.19. The number of aliphatic hydroxyl groups is 1. The van der Waals surface area contributed by atoms with Crippen LogP contribution >= 0.6 is 0 Å². The van der Waals surface area contributed by atoms with Crippen LogP contribution in [0.4, 0.5) is 5.69 Å². The van der Waals surface area contributed by atoms with Crippen LogP contribution in [0.2, 0.25) is 0 Å². The number of nitrogens with zero attached hydrogens (tertiary/aromatic N) is 1. The zero-order valence-corrected chi connectivity index (χ0v) is 11.7. The van der Waals surface area contributed by atoms with Gasteiger partial charge in [0, 0.05) is 19.3 Å². The Bertz CT molecular complexity index is 391. The van der Waals surface area contributed by atoms with E-state index in [1.165, 1.54) is 16.8 Å². The lowest BCUT2D eigenvalue weighted by atomic mass is 9.92. The average molecular weight is 248 g/mol. The number of benzene rings is 1. The van der Waals surface area contributed by atoms with Gasteiger partial charge in [-0.3, -0.25) is 0 Å². The fourth-order valence-electron chi connectivity index (χ4n) is 2.75. The van der Waals surface area contributed by atoms with Crippen molar-refractivity contribution in [3.8, 4) is 0 Å². The molecule has 1 aromatic rings. The molecular formula is C15H24N2O.